The number of hydrogen-bond donors (Lipinski definition) is 3. The summed E-state index contributed by atoms with van der Waals surface area (Å²) in [7, 11) is 0. The van der Waals surface area contributed by atoms with E-state index in [-0.39, 0.29) is 35.9 Å². The van der Waals surface area contributed by atoms with E-state index < -0.39 is 17.8 Å². The molecule has 0 aliphatic carbocycles. The number of aliphatic hydroxyl groups is 1. The fraction of sp³-hybridized carbons (Fsp3) is 0.400. The molecule has 9 heteroatoms. The van der Waals surface area contributed by atoms with Gasteiger partial charge >= 0.3 is 0 Å². The summed E-state index contributed by atoms with van der Waals surface area (Å²) in [5.74, 6) is -1.42. The van der Waals surface area contributed by atoms with Crippen LogP contribution in [0.4, 0.5) is 4.39 Å². The molecule has 1 saturated heterocycles. The lowest BCUT2D eigenvalue weighted by atomic mass is 9.97. The molecule has 3 rings (SSSR count). The van der Waals surface area contributed by atoms with Crippen molar-refractivity contribution in [2.24, 2.45) is 0 Å². The van der Waals surface area contributed by atoms with Crippen LogP contribution in [-0.2, 0) is 4.74 Å². The molecule has 3 N–H and O–H groups in total. The van der Waals surface area contributed by atoms with Crippen LogP contribution in [0.15, 0.2) is 42.9 Å². The lowest BCUT2D eigenvalue weighted by Gasteiger charge is -2.36. The number of hydrogen-bond acceptors (Lipinski definition) is 6. The second kappa shape index (κ2) is 10.0. The molecule has 0 spiro atoms. The first-order valence-corrected chi connectivity index (χ1v) is 9.44. The highest BCUT2D eigenvalue weighted by atomic mass is 19.1. The van der Waals surface area contributed by atoms with Gasteiger partial charge in [0.05, 0.1) is 30.5 Å². The Hall–Kier alpha value is -2.91. The fourth-order valence-electron chi connectivity index (χ4n) is 3.26. The first kappa shape index (κ1) is 20.8. The van der Waals surface area contributed by atoms with Gasteiger partial charge in [0.2, 0.25) is 0 Å². The van der Waals surface area contributed by atoms with Gasteiger partial charge in [0.25, 0.3) is 11.8 Å². The molecule has 1 aliphatic heterocycles. The van der Waals surface area contributed by atoms with Crippen LogP contribution in [0.1, 0.15) is 40.1 Å². The van der Waals surface area contributed by atoms with Gasteiger partial charge < -0.3 is 20.5 Å². The molecule has 0 radical (unpaired) electrons. The predicted molar refractivity (Wildman–Crippen MR) is 102 cm³/mol. The number of carbonyl (C=O) groups excluding carboxylic acids is 2. The number of aromatic nitrogens is 2. The summed E-state index contributed by atoms with van der Waals surface area (Å²) in [5, 5.41) is 15.1. The van der Waals surface area contributed by atoms with Gasteiger partial charge in [0.15, 0.2) is 0 Å². The number of nitrogens with zero attached hydrogens (tertiary/aromatic N) is 2. The summed E-state index contributed by atoms with van der Waals surface area (Å²) in [6, 6.07) is 5.44. The Labute approximate surface area is 167 Å². The molecule has 0 bridgehead atoms. The molecule has 8 nitrogen and oxygen atoms in total. The molecule has 1 aromatic heterocycles. The molecule has 2 aromatic rings. The molecular weight excluding hydrogens is 379 g/mol. The van der Waals surface area contributed by atoms with Crippen molar-refractivity contribution in [3.63, 3.8) is 0 Å². The van der Waals surface area contributed by atoms with E-state index in [9.17, 15) is 19.1 Å². The summed E-state index contributed by atoms with van der Waals surface area (Å²) < 4.78 is 19.5. The topological polar surface area (TPSA) is 113 Å². The average molecular weight is 402 g/mol. The molecular formula is C20H23FN4O4. The van der Waals surface area contributed by atoms with E-state index in [4.69, 9.17) is 4.74 Å². The summed E-state index contributed by atoms with van der Waals surface area (Å²) >= 11 is 0. The van der Waals surface area contributed by atoms with Crippen molar-refractivity contribution in [3.05, 3.63) is 59.9 Å². The summed E-state index contributed by atoms with van der Waals surface area (Å²) in [4.78, 5) is 32.1. The zero-order chi connectivity index (χ0) is 20.6. The molecule has 29 heavy (non-hydrogen) atoms. The van der Waals surface area contributed by atoms with Crippen LogP contribution in [-0.4, -0.2) is 58.3 Å². The van der Waals surface area contributed by atoms with Gasteiger partial charge in [-0.2, -0.15) is 0 Å². The maximum Gasteiger partial charge on any atom is 0.271 e. The standard InChI is InChI=1S/C20H23FN4O4/c21-15-4-2-1-3-14(15)19(27)24-8-7-13-5-6-16(18(12-26)29-13)25-20(28)17-11-22-9-10-23-17/h1-4,9-11,13,16,18,26H,5-8,12H2,(H,24,27)(H,25,28)/t13-,16-,18-/m1/s1. The van der Waals surface area contributed by atoms with Gasteiger partial charge in [-0.3, -0.25) is 14.6 Å². The average Bonchev–Trinajstić information content (AvgIpc) is 2.75. The Morgan fingerprint density at radius 1 is 1.21 bits per heavy atom. The number of benzene rings is 1. The highest BCUT2D eigenvalue weighted by Gasteiger charge is 2.32. The molecule has 1 aromatic carbocycles. The van der Waals surface area contributed by atoms with Crippen molar-refractivity contribution in [2.45, 2.75) is 37.5 Å². The van der Waals surface area contributed by atoms with Crippen LogP contribution in [0, 0.1) is 5.82 Å². The smallest absolute Gasteiger partial charge is 0.271 e. The maximum absolute atomic E-state index is 13.6. The predicted octanol–water partition coefficient (Wildman–Crippen LogP) is 1.07. The monoisotopic (exact) mass is 402 g/mol. The van der Waals surface area contributed by atoms with Gasteiger partial charge in [-0.05, 0) is 31.4 Å². The fourth-order valence-corrected chi connectivity index (χ4v) is 3.26. The van der Waals surface area contributed by atoms with E-state index in [1.807, 2.05) is 0 Å². The molecule has 0 saturated carbocycles. The number of carbonyl (C=O) groups is 2. The number of rotatable bonds is 7. The van der Waals surface area contributed by atoms with Crippen molar-refractivity contribution < 1.29 is 23.8 Å². The van der Waals surface area contributed by atoms with Crippen molar-refractivity contribution >= 4 is 11.8 Å². The zero-order valence-electron chi connectivity index (χ0n) is 15.8. The van der Waals surface area contributed by atoms with Crippen molar-refractivity contribution in [2.75, 3.05) is 13.2 Å². The minimum Gasteiger partial charge on any atom is -0.394 e. The Morgan fingerprint density at radius 3 is 2.76 bits per heavy atom. The van der Waals surface area contributed by atoms with Crippen LogP contribution in [0.5, 0.6) is 0 Å². The highest BCUT2D eigenvalue weighted by Crippen LogP contribution is 2.22. The van der Waals surface area contributed by atoms with Crippen LogP contribution in [0.25, 0.3) is 0 Å². The van der Waals surface area contributed by atoms with E-state index in [0.717, 1.165) is 0 Å². The molecule has 3 atom stereocenters. The minimum absolute atomic E-state index is 0.00270. The summed E-state index contributed by atoms with van der Waals surface area (Å²) in [6.45, 7) is 0.0656. The SMILES string of the molecule is O=C(N[C@@H]1CC[C@H](CCNC(=O)c2ccccc2F)O[C@@H]1CO)c1cnccn1. The third kappa shape index (κ3) is 5.55. The number of aliphatic hydroxyl groups excluding tert-OH is 1. The first-order valence-electron chi connectivity index (χ1n) is 9.44. The summed E-state index contributed by atoms with van der Waals surface area (Å²) in [5.41, 5.74) is 0.194. The molecule has 154 valence electrons. The second-order valence-corrected chi connectivity index (χ2v) is 6.75. The lowest BCUT2D eigenvalue weighted by Crippen LogP contribution is -2.51. The Bertz CT molecular complexity index is 836. The third-order valence-corrected chi connectivity index (χ3v) is 4.78. The normalized spacial score (nSPS) is 21.4. The quantitative estimate of drug-likeness (QED) is 0.639. The largest absolute Gasteiger partial charge is 0.394 e. The molecule has 2 amide bonds. The third-order valence-electron chi connectivity index (χ3n) is 4.78. The molecule has 1 aliphatic rings. The Morgan fingerprint density at radius 2 is 2.03 bits per heavy atom. The number of amides is 2. The number of nitrogens with one attached hydrogen (secondary N) is 2. The van der Waals surface area contributed by atoms with Gasteiger partial charge in [0, 0.05) is 18.9 Å². The van der Waals surface area contributed by atoms with Crippen LogP contribution < -0.4 is 10.6 Å². The van der Waals surface area contributed by atoms with Crippen LogP contribution >= 0.6 is 0 Å². The molecule has 0 unspecified atom stereocenters. The minimum atomic E-state index is -0.569. The zero-order valence-corrected chi connectivity index (χ0v) is 15.8. The van der Waals surface area contributed by atoms with Crippen molar-refractivity contribution in [1.29, 1.82) is 0 Å². The van der Waals surface area contributed by atoms with E-state index in [1.54, 1.807) is 6.07 Å². The first-order chi connectivity index (χ1) is 14.1. The van der Waals surface area contributed by atoms with Crippen molar-refractivity contribution in [1.82, 2.24) is 20.6 Å². The van der Waals surface area contributed by atoms with E-state index in [1.165, 1.54) is 36.8 Å². The Kier molecular flexibility index (Phi) is 7.20. The van der Waals surface area contributed by atoms with Gasteiger partial charge in [-0.25, -0.2) is 9.37 Å². The van der Waals surface area contributed by atoms with E-state index >= 15 is 0 Å². The van der Waals surface area contributed by atoms with Crippen molar-refractivity contribution in [3.8, 4) is 0 Å². The Balaban J connectivity index is 1.46. The van der Waals surface area contributed by atoms with Gasteiger partial charge in [0.1, 0.15) is 17.6 Å². The van der Waals surface area contributed by atoms with Crippen LogP contribution in [0.2, 0.25) is 0 Å². The van der Waals surface area contributed by atoms with E-state index in [2.05, 4.69) is 20.6 Å². The molecule has 2 heterocycles. The van der Waals surface area contributed by atoms with E-state index in [0.29, 0.717) is 25.8 Å². The van der Waals surface area contributed by atoms with Gasteiger partial charge in [-0.1, -0.05) is 12.1 Å². The lowest BCUT2D eigenvalue weighted by molar-refractivity contribution is -0.0893. The van der Waals surface area contributed by atoms with Crippen LogP contribution in [0.3, 0.4) is 0 Å². The summed E-state index contributed by atoms with van der Waals surface area (Å²) in [6.07, 6.45) is 5.32. The second-order valence-electron chi connectivity index (χ2n) is 6.75. The maximum atomic E-state index is 13.6. The highest BCUT2D eigenvalue weighted by molar-refractivity contribution is 5.94. The number of halogens is 1. The number of ether oxygens (including phenoxy) is 1. The van der Waals surface area contributed by atoms with Gasteiger partial charge in [-0.15, -0.1) is 0 Å². The molecule has 1 fully saturated rings.